The minimum atomic E-state index is -1.13. The van der Waals surface area contributed by atoms with Crippen molar-refractivity contribution in [1.29, 1.82) is 0 Å². The van der Waals surface area contributed by atoms with E-state index in [1.54, 1.807) is 37.4 Å². The monoisotopic (exact) mass is 343 g/mol. The molecule has 0 saturated carbocycles. The fraction of sp³-hybridized carbons (Fsp3) is 0.176. The molecule has 0 fully saturated rings. The molecular formula is C17H17N3O5. The Morgan fingerprint density at radius 3 is 2.32 bits per heavy atom. The third-order valence-corrected chi connectivity index (χ3v) is 3.43. The number of carbonyl (C=O) groups is 2. The van der Waals surface area contributed by atoms with Crippen LogP contribution in [0.2, 0.25) is 0 Å². The van der Waals surface area contributed by atoms with Crippen LogP contribution >= 0.6 is 0 Å². The van der Waals surface area contributed by atoms with Crippen molar-refractivity contribution < 1.29 is 19.2 Å². The van der Waals surface area contributed by atoms with E-state index in [0.29, 0.717) is 5.69 Å². The van der Waals surface area contributed by atoms with E-state index in [1.807, 2.05) is 0 Å². The van der Waals surface area contributed by atoms with Gasteiger partial charge in [0.1, 0.15) is 5.69 Å². The van der Waals surface area contributed by atoms with Gasteiger partial charge in [0.2, 0.25) is 0 Å². The van der Waals surface area contributed by atoms with Crippen molar-refractivity contribution in [3.8, 4) is 0 Å². The van der Waals surface area contributed by atoms with Crippen LogP contribution in [0.1, 0.15) is 17.3 Å². The standard InChI is InChI=1S/C17H17N3O5/c1-11(25-17(22)12-7-3-4-8-13(12)18-2)16(21)19-14-9-5-6-10-15(14)20(23)24/h3-11,18H,1-2H3,(H,19,21)/t11-/m0/s1. The maximum atomic E-state index is 12.2. The Labute approximate surface area is 144 Å². The van der Waals surface area contributed by atoms with Crippen LogP contribution in [-0.2, 0) is 9.53 Å². The second-order valence-electron chi connectivity index (χ2n) is 5.11. The molecule has 130 valence electrons. The predicted octanol–water partition coefficient (Wildman–Crippen LogP) is 2.82. The molecule has 0 aliphatic rings. The zero-order chi connectivity index (χ0) is 18.4. The number of esters is 1. The number of carbonyl (C=O) groups excluding carboxylic acids is 2. The number of ether oxygens (including phenoxy) is 1. The highest BCUT2D eigenvalue weighted by Crippen LogP contribution is 2.23. The van der Waals surface area contributed by atoms with Gasteiger partial charge < -0.3 is 15.4 Å². The van der Waals surface area contributed by atoms with Crippen LogP contribution in [0.25, 0.3) is 0 Å². The molecule has 0 aromatic heterocycles. The van der Waals surface area contributed by atoms with Crippen LogP contribution in [-0.4, -0.2) is 30.0 Å². The molecule has 0 saturated heterocycles. The number of hydrogen-bond donors (Lipinski definition) is 2. The molecule has 0 aliphatic heterocycles. The first kappa shape index (κ1) is 17.9. The molecule has 0 aliphatic carbocycles. The lowest BCUT2D eigenvalue weighted by Crippen LogP contribution is -2.30. The molecule has 0 spiro atoms. The number of para-hydroxylation sites is 3. The van der Waals surface area contributed by atoms with Crippen molar-refractivity contribution in [2.75, 3.05) is 17.7 Å². The van der Waals surface area contributed by atoms with Gasteiger partial charge in [-0.3, -0.25) is 14.9 Å². The molecule has 2 aromatic carbocycles. The molecular weight excluding hydrogens is 326 g/mol. The van der Waals surface area contributed by atoms with Crippen molar-refractivity contribution in [2.24, 2.45) is 0 Å². The van der Waals surface area contributed by atoms with Gasteiger partial charge in [0.25, 0.3) is 11.6 Å². The van der Waals surface area contributed by atoms with Gasteiger partial charge in [0.05, 0.1) is 10.5 Å². The normalized spacial score (nSPS) is 11.3. The summed E-state index contributed by atoms with van der Waals surface area (Å²) in [6.45, 7) is 1.39. The number of anilines is 2. The molecule has 2 rings (SSSR count). The van der Waals surface area contributed by atoms with Gasteiger partial charge in [0.15, 0.2) is 6.10 Å². The van der Waals surface area contributed by atoms with E-state index in [9.17, 15) is 19.7 Å². The number of nitro groups is 1. The van der Waals surface area contributed by atoms with E-state index in [4.69, 9.17) is 4.74 Å². The average molecular weight is 343 g/mol. The lowest BCUT2D eigenvalue weighted by molar-refractivity contribution is -0.383. The topological polar surface area (TPSA) is 111 Å². The Bertz CT molecular complexity index is 806. The van der Waals surface area contributed by atoms with Crippen LogP contribution in [0.3, 0.4) is 0 Å². The van der Waals surface area contributed by atoms with E-state index in [0.717, 1.165) is 0 Å². The number of benzene rings is 2. The smallest absolute Gasteiger partial charge is 0.341 e. The molecule has 8 heteroatoms. The van der Waals surface area contributed by atoms with E-state index >= 15 is 0 Å². The van der Waals surface area contributed by atoms with Gasteiger partial charge in [-0.05, 0) is 25.1 Å². The average Bonchev–Trinajstić information content (AvgIpc) is 2.61. The number of nitrogens with one attached hydrogen (secondary N) is 2. The summed E-state index contributed by atoms with van der Waals surface area (Å²) in [6.07, 6.45) is -1.13. The molecule has 8 nitrogen and oxygen atoms in total. The van der Waals surface area contributed by atoms with E-state index < -0.39 is 22.9 Å². The van der Waals surface area contributed by atoms with Crippen LogP contribution in [0.5, 0.6) is 0 Å². The van der Waals surface area contributed by atoms with Gasteiger partial charge in [0, 0.05) is 18.8 Å². The van der Waals surface area contributed by atoms with Crippen LogP contribution in [0.4, 0.5) is 17.1 Å². The summed E-state index contributed by atoms with van der Waals surface area (Å²) in [5, 5.41) is 16.2. The Morgan fingerprint density at radius 2 is 1.68 bits per heavy atom. The Balaban J connectivity index is 2.08. The molecule has 2 N–H and O–H groups in total. The van der Waals surface area contributed by atoms with Crippen LogP contribution in [0.15, 0.2) is 48.5 Å². The van der Waals surface area contributed by atoms with E-state index in [-0.39, 0.29) is 16.9 Å². The third-order valence-electron chi connectivity index (χ3n) is 3.43. The minimum absolute atomic E-state index is 0.0380. The molecule has 0 unspecified atom stereocenters. The molecule has 1 atom stereocenters. The summed E-state index contributed by atoms with van der Waals surface area (Å²) in [4.78, 5) is 34.8. The molecule has 0 radical (unpaired) electrons. The maximum absolute atomic E-state index is 12.2. The summed E-state index contributed by atoms with van der Waals surface area (Å²) in [5.41, 5.74) is 0.653. The lowest BCUT2D eigenvalue weighted by Gasteiger charge is -2.15. The first-order chi connectivity index (χ1) is 11.9. The first-order valence-corrected chi connectivity index (χ1v) is 7.46. The third kappa shape index (κ3) is 4.31. The summed E-state index contributed by atoms with van der Waals surface area (Å²) >= 11 is 0. The lowest BCUT2D eigenvalue weighted by atomic mass is 10.2. The molecule has 0 heterocycles. The summed E-state index contributed by atoms with van der Waals surface area (Å²) in [7, 11) is 1.66. The molecule has 25 heavy (non-hydrogen) atoms. The van der Waals surface area contributed by atoms with Crippen molar-refractivity contribution in [1.82, 2.24) is 0 Å². The van der Waals surface area contributed by atoms with Crippen molar-refractivity contribution in [2.45, 2.75) is 13.0 Å². The van der Waals surface area contributed by atoms with Gasteiger partial charge in [-0.25, -0.2) is 4.79 Å². The van der Waals surface area contributed by atoms with Crippen molar-refractivity contribution in [3.63, 3.8) is 0 Å². The first-order valence-electron chi connectivity index (χ1n) is 7.46. The number of amides is 1. The number of nitrogens with zero attached hydrogens (tertiary/aromatic N) is 1. The van der Waals surface area contributed by atoms with Gasteiger partial charge in [-0.15, -0.1) is 0 Å². The van der Waals surface area contributed by atoms with Crippen LogP contribution < -0.4 is 10.6 Å². The van der Waals surface area contributed by atoms with Gasteiger partial charge in [-0.2, -0.15) is 0 Å². The highest BCUT2D eigenvalue weighted by molar-refractivity contribution is 6.00. The minimum Gasteiger partial charge on any atom is -0.449 e. The number of nitro benzene ring substituents is 1. The summed E-state index contributed by atoms with van der Waals surface area (Å²) in [5.74, 6) is -1.33. The Hall–Kier alpha value is -3.42. The largest absolute Gasteiger partial charge is 0.449 e. The molecule has 1 amide bonds. The zero-order valence-electron chi connectivity index (χ0n) is 13.7. The summed E-state index contributed by atoms with van der Waals surface area (Å²) in [6, 6.07) is 12.4. The van der Waals surface area contributed by atoms with E-state index in [2.05, 4.69) is 10.6 Å². The highest BCUT2D eigenvalue weighted by atomic mass is 16.6. The fourth-order valence-electron chi connectivity index (χ4n) is 2.13. The second-order valence-corrected chi connectivity index (χ2v) is 5.11. The second kappa shape index (κ2) is 7.91. The Morgan fingerprint density at radius 1 is 1.08 bits per heavy atom. The molecule has 2 aromatic rings. The Kier molecular flexibility index (Phi) is 5.67. The SMILES string of the molecule is CNc1ccccc1C(=O)O[C@@H](C)C(=O)Nc1ccccc1[N+](=O)[O-]. The van der Waals surface area contributed by atoms with E-state index in [1.165, 1.54) is 25.1 Å². The van der Waals surface area contributed by atoms with Crippen molar-refractivity contribution >= 4 is 28.9 Å². The number of hydrogen-bond acceptors (Lipinski definition) is 6. The zero-order valence-corrected chi connectivity index (χ0v) is 13.7. The van der Waals surface area contributed by atoms with Crippen molar-refractivity contribution in [3.05, 3.63) is 64.2 Å². The van der Waals surface area contributed by atoms with Gasteiger partial charge in [-0.1, -0.05) is 24.3 Å². The van der Waals surface area contributed by atoms with Crippen LogP contribution in [0, 0.1) is 10.1 Å². The predicted molar refractivity (Wildman–Crippen MR) is 92.6 cm³/mol. The highest BCUT2D eigenvalue weighted by Gasteiger charge is 2.23. The fourth-order valence-corrected chi connectivity index (χ4v) is 2.13. The number of rotatable bonds is 6. The maximum Gasteiger partial charge on any atom is 0.341 e. The van der Waals surface area contributed by atoms with Gasteiger partial charge >= 0.3 is 5.97 Å². The quantitative estimate of drug-likeness (QED) is 0.474. The molecule has 0 bridgehead atoms. The summed E-state index contributed by atoms with van der Waals surface area (Å²) < 4.78 is 5.15.